The standard InChI is InChI=1S/C64H66N7O8P/c1-8-54(47-25-24-46-36-44-20-15-16-21-45(44)37-48(46)38-47)76-60-59(79-80(75-35-17-34-65)71(41(2)3)42(4)5)58(77-63(60)70-40-69-55-61(66)67-39-68-62(55)70)57(56(72)43-18-11-9-12-19-43)78-64(49-22-13-10-14-23-49,50-26-30-52(73-6)31-27-50)51-28-32-53(74-7)33-29-51/h9-16,18-33,36-42,54,57-60,63H,8,17,35H2,1-7H3,(H2,66,67,68)/t54?,57?,58-,59-,60-,63-,80?/m1/s1. The number of nitriles is 1. The van der Waals surface area contributed by atoms with Gasteiger partial charge < -0.3 is 38.5 Å². The van der Waals surface area contributed by atoms with E-state index >= 15 is 4.79 Å². The summed E-state index contributed by atoms with van der Waals surface area (Å²) in [4.78, 5) is 30.0. The average Bonchev–Trinajstić information content (AvgIpc) is 3.96. The third-order valence-corrected chi connectivity index (χ3v) is 16.8. The zero-order chi connectivity index (χ0) is 55.9. The number of ketones is 1. The van der Waals surface area contributed by atoms with Gasteiger partial charge in [-0.15, -0.1) is 0 Å². The van der Waals surface area contributed by atoms with Crippen LogP contribution in [-0.2, 0) is 28.9 Å². The number of nitrogen functional groups attached to an aromatic ring is 1. The van der Waals surface area contributed by atoms with Crippen molar-refractivity contribution in [2.24, 2.45) is 0 Å². The second-order valence-corrected chi connectivity index (χ2v) is 21.7. The molecule has 16 heteroatoms. The number of nitrogens with zero attached hydrogens (tertiary/aromatic N) is 6. The van der Waals surface area contributed by atoms with Gasteiger partial charge in [-0.1, -0.05) is 128 Å². The molecule has 3 unspecified atom stereocenters. The molecule has 15 nitrogen and oxygen atoms in total. The van der Waals surface area contributed by atoms with Crippen LogP contribution in [0.4, 0.5) is 5.82 Å². The van der Waals surface area contributed by atoms with Gasteiger partial charge in [-0.25, -0.2) is 19.6 Å². The zero-order valence-corrected chi connectivity index (χ0v) is 46.9. The smallest absolute Gasteiger partial charge is 0.259 e. The fraction of sp³-hybridized carbons (Fsp3) is 0.297. The lowest BCUT2D eigenvalue weighted by molar-refractivity contribution is -0.127. The number of fused-ring (bicyclic) bond motifs is 3. The molecule has 7 aromatic carbocycles. The number of ether oxygens (including phenoxy) is 5. The number of methoxy groups -OCH3 is 2. The number of nitrogens with two attached hydrogens (primary N) is 1. The molecule has 80 heavy (non-hydrogen) atoms. The van der Waals surface area contributed by atoms with E-state index in [0.29, 0.717) is 45.8 Å². The SMILES string of the molecule is CCC(O[C@@H]1[C@H](OP(OCCC#N)N(C(C)C)C(C)C)[C@@H](C(OC(c2ccccc2)(c2ccc(OC)cc2)c2ccc(OC)cc2)C(=O)c2ccccc2)O[C@H]1n1cnc2c(N)ncnc21)c1ccc2cc3ccccc3cc2c1. The Bertz CT molecular complexity index is 3530. The van der Waals surface area contributed by atoms with E-state index in [4.69, 9.17) is 48.4 Å². The summed E-state index contributed by atoms with van der Waals surface area (Å²) in [6, 6.07) is 55.3. The summed E-state index contributed by atoms with van der Waals surface area (Å²) in [6.45, 7) is 10.5. The number of hydrogen-bond acceptors (Lipinski definition) is 14. The summed E-state index contributed by atoms with van der Waals surface area (Å²) < 4.78 is 53.0. The number of aromatic nitrogens is 4. The van der Waals surface area contributed by atoms with Gasteiger partial charge in [0, 0.05) is 17.6 Å². The maximum absolute atomic E-state index is 16.3. The van der Waals surface area contributed by atoms with E-state index in [1.165, 1.54) is 6.33 Å². The Labute approximate surface area is 468 Å². The second kappa shape index (κ2) is 24.8. The van der Waals surface area contributed by atoms with Gasteiger partial charge in [-0.3, -0.25) is 9.36 Å². The van der Waals surface area contributed by atoms with Gasteiger partial charge in [0.2, 0.25) is 0 Å². The predicted octanol–water partition coefficient (Wildman–Crippen LogP) is 13.1. The van der Waals surface area contributed by atoms with Gasteiger partial charge >= 0.3 is 0 Å². The maximum atomic E-state index is 16.3. The Morgan fingerprint density at radius 2 is 1.32 bits per heavy atom. The largest absolute Gasteiger partial charge is 0.497 e. The molecule has 2 aromatic heterocycles. The topological polar surface area (TPSA) is 178 Å². The van der Waals surface area contributed by atoms with Gasteiger partial charge in [0.25, 0.3) is 8.53 Å². The van der Waals surface area contributed by atoms with Crippen LogP contribution in [0.15, 0.2) is 176 Å². The first-order valence-corrected chi connectivity index (χ1v) is 28.1. The van der Waals surface area contributed by atoms with Crippen molar-refractivity contribution in [1.82, 2.24) is 24.2 Å². The third-order valence-electron chi connectivity index (χ3n) is 14.6. The minimum Gasteiger partial charge on any atom is -0.497 e. The zero-order valence-electron chi connectivity index (χ0n) is 46.0. The number of benzene rings is 7. The molecule has 0 saturated carbocycles. The highest BCUT2D eigenvalue weighted by Gasteiger charge is 2.57. The summed E-state index contributed by atoms with van der Waals surface area (Å²) in [5.74, 6) is 1.05. The molecule has 9 aromatic rings. The number of imidazole rings is 1. The highest BCUT2D eigenvalue weighted by atomic mass is 31.2. The summed E-state index contributed by atoms with van der Waals surface area (Å²) in [6.07, 6.45) is -2.96. The Morgan fingerprint density at radius 1 is 0.738 bits per heavy atom. The molecule has 1 aliphatic heterocycles. The molecule has 410 valence electrons. The van der Waals surface area contributed by atoms with E-state index < -0.39 is 50.9 Å². The molecule has 7 atom stereocenters. The monoisotopic (exact) mass is 1090 g/mol. The first kappa shape index (κ1) is 55.7. The molecule has 1 fully saturated rings. The van der Waals surface area contributed by atoms with Crippen LogP contribution in [0.1, 0.15) is 92.4 Å². The van der Waals surface area contributed by atoms with E-state index in [1.54, 1.807) is 37.2 Å². The van der Waals surface area contributed by atoms with Crippen LogP contribution in [0.5, 0.6) is 11.5 Å². The van der Waals surface area contributed by atoms with Crippen molar-refractivity contribution >= 4 is 52.8 Å². The number of hydrogen-bond donors (Lipinski definition) is 1. The van der Waals surface area contributed by atoms with Gasteiger partial charge in [0.1, 0.15) is 47.3 Å². The molecule has 1 saturated heterocycles. The fourth-order valence-electron chi connectivity index (χ4n) is 10.9. The Hall–Kier alpha value is -7.64. The van der Waals surface area contributed by atoms with Crippen LogP contribution in [0.2, 0.25) is 0 Å². The second-order valence-electron chi connectivity index (χ2n) is 20.3. The summed E-state index contributed by atoms with van der Waals surface area (Å²) in [7, 11) is 1.20. The quantitative estimate of drug-likeness (QED) is 0.0210. The Morgan fingerprint density at radius 3 is 1.93 bits per heavy atom. The third kappa shape index (κ3) is 11.3. The first-order valence-electron chi connectivity index (χ1n) is 27.0. The maximum Gasteiger partial charge on any atom is 0.259 e. The van der Waals surface area contributed by atoms with Gasteiger partial charge in [-0.05, 0) is 120 Å². The first-order chi connectivity index (χ1) is 39.0. The van der Waals surface area contributed by atoms with Crippen LogP contribution in [0.25, 0.3) is 32.7 Å². The minimum absolute atomic E-state index is 0.0754. The number of carbonyl (C=O) groups excluding carboxylic acids is 1. The van der Waals surface area contributed by atoms with E-state index in [0.717, 1.165) is 32.7 Å². The van der Waals surface area contributed by atoms with Crippen molar-refractivity contribution in [2.75, 3.05) is 26.6 Å². The molecule has 3 heterocycles. The number of rotatable bonds is 23. The van der Waals surface area contributed by atoms with Crippen molar-refractivity contribution in [3.8, 4) is 17.6 Å². The van der Waals surface area contributed by atoms with Crippen LogP contribution < -0.4 is 15.2 Å². The fourth-order valence-corrected chi connectivity index (χ4v) is 12.6. The number of Topliss-reactive ketones (excluding diaryl/α,β-unsaturated/α-hetero) is 1. The van der Waals surface area contributed by atoms with E-state index in [1.807, 2.05) is 109 Å². The van der Waals surface area contributed by atoms with Gasteiger partial charge in [0.15, 0.2) is 29.6 Å². The molecular formula is C64H66N7O8P. The van der Waals surface area contributed by atoms with Crippen molar-refractivity contribution in [3.63, 3.8) is 0 Å². The lowest BCUT2D eigenvalue weighted by Gasteiger charge is -2.42. The van der Waals surface area contributed by atoms with E-state index in [-0.39, 0.29) is 36.7 Å². The molecular weight excluding hydrogens is 1030 g/mol. The summed E-state index contributed by atoms with van der Waals surface area (Å²) in [5.41, 5.74) is 9.10. The number of anilines is 1. The molecule has 0 amide bonds. The number of carbonyl (C=O) groups is 1. The Kier molecular flexibility index (Phi) is 17.3. The van der Waals surface area contributed by atoms with Crippen molar-refractivity contribution < 1.29 is 37.5 Å². The summed E-state index contributed by atoms with van der Waals surface area (Å²) in [5, 5.41) is 14.3. The highest BCUT2D eigenvalue weighted by Crippen LogP contribution is 2.54. The molecule has 0 aliphatic carbocycles. The van der Waals surface area contributed by atoms with Gasteiger partial charge in [-0.2, -0.15) is 5.26 Å². The Balaban J connectivity index is 1.23. The van der Waals surface area contributed by atoms with Gasteiger partial charge in [0.05, 0.1) is 45.7 Å². The van der Waals surface area contributed by atoms with Crippen molar-refractivity contribution in [3.05, 3.63) is 204 Å². The molecule has 0 bridgehead atoms. The molecule has 0 radical (unpaired) electrons. The van der Waals surface area contributed by atoms with Crippen LogP contribution in [0, 0.1) is 11.3 Å². The van der Waals surface area contributed by atoms with Crippen molar-refractivity contribution in [2.45, 2.75) is 102 Å². The predicted molar refractivity (Wildman–Crippen MR) is 311 cm³/mol. The molecule has 0 spiro atoms. The molecule has 10 rings (SSSR count). The molecule has 1 aliphatic rings. The average molecular weight is 1090 g/mol. The van der Waals surface area contributed by atoms with Crippen LogP contribution >= 0.6 is 8.53 Å². The van der Waals surface area contributed by atoms with Crippen molar-refractivity contribution in [1.29, 1.82) is 5.26 Å². The molecule has 2 N–H and O–H groups in total. The van der Waals surface area contributed by atoms with E-state index in [2.05, 4.69) is 92.8 Å². The minimum atomic E-state index is -2.04. The van der Waals surface area contributed by atoms with Crippen LogP contribution in [-0.4, -0.2) is 87.3 Å². The lowest BCUT2D eigenvalue weighted by Crippen LogP contribution is -2.51. The lowest BCUT2D eigenvalue weighted by atomic mass is 9.79. The van der Waals surface area contributed by atoms with E-state index in [9.17, 15) is 5.26 Å². The highest BCUT2D eigenvalue weighted by molar-refractivity contribution is 7.44. The van der Waals surface area contributed by atoms with Crippen LogP contribution in [0.3, 0.4) is 0 Å². The normalized spacial score (nSPS) is 17.8. The summed E-state index contributed by atoms with van der Waals surface area (Å²) >= 11 is 0.